The molecule has 4 aromatic rings. The molecule has 2 heterocycles. The van der Waals surface area contributed by atoms with Gasteiger partial charge in [0.1, 0.15) is 17.3 Å². The standard InChI is InChI=1S/C25H18F6N6O2/c1-14(32)9-20(34-17-3-2-4-18(11-17)39-25(29,30)31)23-22(38)7-8-36(35-23)21-6-5-15(10-19(21)26)16-12-33-37(13-16)24(27)28/h2-13,24,32,34H,1H3/b20-9-,32-14?. The molecule has 2 N–H and O–H groups in total. The van der Waals surface area contributed by atoms with Crippen LogP contribution in [-0.2, 0) is 0 Å². The Morgan fingerprint density at radius 3 is 2.54 bits per heavy atom. The first-order chi connectivity index (χ1) is 18.4. The molecule has 0 amide bonds. The first-order valence-electron chi connectivity index (χ1n) is 11.0. The van der Waals surface area contributed by atoms with Crippen LogP contribution in [0.25, 0.3) is 22.5 Å². The molecular formula is C25H18F6N6O2. The number of hydrogen-bond donors (Lipinski definition) is 2. The van der Waals surface area contributed by atoms with Crippen molar-refractivity contribution in [1.82, 2.24) is 19.6 Å². The van der Waals surface area contributed by atoms with Crippen LogP contribution in [0.1, 0.15) is 19.2 Å². The van der Waals surface area contributed by atoms with Crippen LogP contribution in [0.4, 0.5) is 32.0 Å². The van der Waals surface area contributed by atoms with Gasteiger partial charge in [-0.15, -0.1) is 13.2 Å². The minimum atomic E-state index is -4.92. The summed E-state index contributed by atoms with van der Waals surface area (Å²) in [6.45, 7) is -1.45. The van der Waals surface area contributed by atoms with Crippen molar-refractivity contribution in [2.75, 3.05) is 5.32 Å². The third-order valence-electron chi connectivity index (χ3n) is 5.10. The number of halogens is 6. The summed E-state index contributed by atoms with van der Waals surface area (Å²) in [6.07, 6.45) is -0.267. The zero-order valence-corrected chi connectivity index (χ0v) is 19.9. The van der Waals surface area contributed by atoms with E-state index in [-0.39, 0.29) is 39.6 Å². The third kappa shape index (κ3) is 6.71. The molecule has 0 saturated carbocycles. The highest BCUT2D eigenvalue weighted by Crippen LogP contribution is 2.27. The van der Waals surface area contributed by atoms with E-state index in [1.54, 1.807) is 0 Å². The van der Waals surface area contributed by atoms with E-state index in [0.29, 0.717) is 4.68 Å². The number of hydrogen-bond acceptors (Lipinski definition) is 6. The second kappa shape index (κ2) is 10.8. The van der Waals surface area contributed by atoms with E-state index in [2.05, 4.69) is 20.3 Å². The van der Waals surface area contributed by atoms with Crippen LogP contribution in [0, 0.1) is 11.2 Å². The van der Waals surface area contributed by atoms with E-state index in [0.717, 1.165) is 41.3 Å². The molecule has 14 heteroatoms. The Labute approximate surface area is 216 Å². The van der Waals surface area contributed by atoms with Crippen LogP contribution in [0.3, 0.4) is 0 Å². The van der Waals surface area contributed by atoms with Crippen molar-refractivity contribution in [2.45, 2.75) is 19.8 Å². The van der Waals surface area contributed by atoms with Gasteiger partial charge < -0.3 is 15.5 Å². The number of anilines is 1. The van der Waals surface area contributed by atoms with Crippen molar-refractivity contribution in [3.63, 3.8) is 0 Å². The van der Waals surface area contributed by atoms with Gasteiger partial charge in [-0.3, -0.25) is 4.79 Å². The summed E-state index contributed by atoms with van der Waals surface area (Å²) >= 11 is 0. The predicted molar refractivity (Wildman–Crippen MR) is 130 cm³/mol. The van der Waals surface area contributed by atoms with Gasteiger partial charge in [0.25, 0.3) is 0 Å². The topological polar surface area (TPSA) is 97.8 Å². The lowest BCUT2D eigenvalue weighted by atomic mass is 10.1. The fourth-order valence-corrected chi connectivity index (χ4v) is 3.50. The number of nitrogens with zero attached hydrogens (tertiary/aromatic N) is 4. The summed E-state index contributed by atoms with van der Waals surface area (Å²) in [6, 6.07) is 9.78. The largest absolute Gasteiger partial charge is 0.573 e. The molecule has 0 radical (unpaired) electrons. The summed E-state index contributed by atoms with van der Waals surface area (Å²) in [4.78, 5) is 12.7. The van der Waals surface area contributed by atoms with E-state index in [4.69, 9.17) is 5.41 Å². The zero-order valence-electron chi connectivity index (χ0n) is 19.9. The Bertz CT molecular complexity index is 1610. The van der Waals surface area contributed by atoms with Gasteiger partial charge in [-0.05, 0) is 42.8 Å². The molecule has 0 unspecified atom stereocenters. The molecule has 2 aromatic heterocycles. The Hall–Kier alpha value is -4.88. The van der Waals surface area contributed by atoms with Gasteiger partial charge in [-0.2, -0.15) is 19.0 Å². The number of allylic oxidation sites excluding steroid dienone is 1. The van der Waals surface area contributed by atoms with Crippen LogP contribution < -0.4 is 15.5 Å². The second-order valence-corrected chi connectivity index (χ2v) is 8.07. The molecule has 2 aromatic carbocycles. The van der Waals surface area contributed by atoms with E-state index >= 15 is 4.39 Å². The Morgan fingerprint density at radius 2 is 1.90 bits per heavy atom. The lowest BCUT2D eigenvalue weighted by Gasteiger charge is -2.14. The van der Waals surface area contributed by atoms with Gasteiger partial charge >= 0.3 is 12.9 Å². The molecule has 0 aliphatic heterocycles. The van der Waals surface area contributed by atoms with Gasteiger partial charge in [-0.25, -0.2) is 13.8 Å². The van der Waals surface area contributed by atoms with Crippen LogP contribution in [0.2, 0.25) is 0 Å². The van der Waals surface area contributed by atoms with Crippen molar-refractivity contribution in [2.24, 2.45) is 0 Å². The molecule has 4 rings (SSSR count). The molecule has 0 atom stereocenters. The molecule has 0 saturated heterocycles. The average Bonchev–Trinajstić information content (AvgIpc) is 3.34. The lowest BCUT2D eigenvalue weighted by Crippen LogP contribution is -2.19. The molecule has 39 heavy (non-hydrogen) atoms. The van der Waals surface area contributed by atoms with Gasteiger partial charge in [0, 0.05) is 41.5 Å². The number of rotatable bonds is 8. The molecule has 8 nitrogen and oxygen atoms in total. The summed E-state index contributed by atoms with van der Waals surface area (Å²) in [5, 5.41) is 18.3. The maximum Gasteiger partial charge on any atom is 0.573 e. The quantitative estimate of drug-likeness (QED) is 0.207. The highest BCUT2D eigenvalue weighted by molar-refractivity contribution is 5.98. The van der Waals surface area contributed by atoms with Crippen molar-refractivity contribution in [3.05, 3.63) is 94.9 Å². The van der Waals surface area contributed by atoms with E-state index in [1.165, 1.54) is 43.5 Å². The second-order valence-electron chi connectivity index (χ2n) is 8.07. The van der Waals surface area contributed by atoms with Crippen molar-refractivity contribution in [3.8, 4) is 22.6 Å². The van der Waals surface area contributed by atoms with Crippen LogP contribution >= 0.6 is 0 Å². The zero-order chi connectivity index (χ0) is 28.3. The Morgan fingerprint density at radius 1 is 1.13 bits per heavy atom. The third-order valence-corrected chi connectivity index (χ3v) is 5.10. The van der Waals surface area contributed by atoms with Gasteiger partial charge in [0.05, 0.1) is 11.9 Å². The first kappa shape index (κ1) is 27.2. The fraction of sp³-hybridized carbons (Fsp3) is 0.120. The molecule has 0 spiro atoms. The Balaban J connectivity index is 1.69. The molecule has 0 fully saturated rings. The van der Waals surface area contributed by atoms with Crippen molar-refractivity contribution < 1.29 is 31.1 Å². The normalized spacial score (nSPS) is 12.1. The predicted octanol–water partition coefficient (Wildman–Crippen LogP) is 6.02. The van der Waals surface area contributed by atoms with Crippen molar-refractivity contribution >= 4 is 17.1 Å². The number of ether oxygens (including phenoxy) is 1. The average molecular weight is 548 g/mol. The minimum Gasteiger partial charge on any atom is -0.406 e. The fourth-order valence-electron chi connectivity index (χ4n) is 3.50. The Kier molecular flexibility index (Phi) is 7.56. The number of alkyl halides is 5. The highest BCUT2D eigenvalue weighted by Gasteiger charge is 2.31. The summed E-state index contributed by atoms with van der Waals surface area (Å²) < 4.78 is 83.9. The molecule has 0 aliphatic carbocycles. The van der Waals surface area contributed by atoms with E-state index < -0.39 is 29.9 Å². The number of nitrogens with one attached hydrogen (secondary N) is 2. The van der Waals surface area contributed by atoms with E-state index in [9.17, 15) is 26.7 Å². The van der Waals surface area contributed by atoms with Crippen LogP contribution in [0.15, 0.2) is 78.0 Å². The number of aromatic nitrogens is 4. The van der Waals surface area contributed by atoms with Gasteiger partial charge in [-0.1, -0.05) is 12.1 Å². The maximum atomic E-state index is 15.1. The molecule has 0 bridgehead atoms. The first-order valence-corrected chi connectivity index (χ1v) is 11.0. The van der Waals surface area contributed by atoms with Crippen LogP contribution in [0.5, 0.6) is 5.75 Å². The summed E-state index contributed by atoms with van der Waals surface area (Å²) in [5.41, 5.74) is -0.403. The maximum absolute atomic E-state index is 15.1. The van der Waals surface area contributed by atoms with E-state index in [1.807, 2.05) is 0 Å². The summed E-state index contributed by atoms with van der Waals surface area (Å²) in [7, 11) is 0. The highest BCUT2D eigenvalue weighted by atomic mass is 19.4. The molecular weight excluding hydrogens is 530 g/mol. The smallest absolute Gasteiger partial charge is 0.406 e. The SMILES string of the molecule is CC(=N)/C=C(\Nc1cccc(OC(F)(F)F)c1)c1nn(-c2ccc(-c3cnn(C(F)F)c3)cc2F)ccc1=O. The van der Waals surface area contributed by atoms with Gasteiger partial charge in [0.15, 0.2) is 5.69 Å². The van der Waals surface area contributed by atoms with Gasteiger partial charge in [0.2, 0.25) is 5.43 Å². The van der Waals surface area contributed by atoms with Crippen molar-refractivity contribution in [1.29, 1.82) is 5.41 Å². The molecule has 0 aliphatic rings. The molecule has 202 valence electrons. The van der Waals surface area contributed by atoms with Crippen LogP contribution in [-0.4, -0.2) is 31.6 Å². The lowest BCUT2D eigenvalue weighted by molar-refractivity contribution is -0.274. The summed E-state index contributed by atoms with van der Waals surface area (Å²) in [5.74, 6) is -1.31. The minimum absolute atomic E-state index is 0.0170. The number of benzene rings is 2. The monoisotopic (exact) mass is 548 g/mol.